The number of aromatic nitrogens is 3. The zero-order valence-corrected chi connectivity index (χ0v) is 35.2. The first kappa shape index (κ1) is 36.0. The second kappa shape index (κ2) is 13.4. The van der Waals surface area contributed by atoms with Gasteiger partial charge in [-0.3, -0.25) is 0 Å². The van der Waals surface area contributed by atoms with Gasteiger partial charge in [0.2, 0.25) is 0 Å². The fourth-order valence-corrected chi connectivity index (χ4v) is 12.8. The Kier molecular flexibility index (Phi) is 7.80. The van der Waals surface area contributed by atoms with Crippen LogP contribution in [-0.2, 0) is 10.8 Å². The average Bonchev–Trinajstić information content (AvgIpc) is 3.56. The van der Waals surface area contributed by atoms with E-state index in [1.807, 2.05) is 0 Å². The van der Waals surface area contributed by atoms with E-state index < -0.39 is 0 Å². The van der Waals surface area contributed by atoms with Crippen molar-refractivity contribution in [1.29, 1.82) is 0 Å². The second-order valence-electron chi connectivity index (χ2n) is 19.4. The lowest BCUT2D eigenvalue weighted by atomic mass is 9.49. The van der Waals surface area contributed by atoms with Gasteiger partial charge in [0, 0.05) is 32.7 Å². The van der Waals surface area contributed by atoms with Crippen molar-refractivity contribution in [3.8, 4) is 45.0 Å². The molecular weight excluding hydrogens is 755 g/mol. The van der Waals surface area contributed by atoms with E-state index in [9.17, 15) is 0 Å². The average molecular weight is 802 g/mol. The maximum absolute atomic E-state index is 6.91. The summed E-state index contributed by atoms with van der Waals surface area (Å²) in [6.45, 7) is 4.70. The van der Waals surface area contributed by atoms with Crippen LogP contribution in [0.3, 0.4) is 0 Å². The van der Waals surface area contributed by atoms with Gasteiger partial charge in [-0.15, -0.1) is 0 Å². The van der Waals surface area contributed by atoms with Crippen molar-refractivity contribution in [1.82, 2.24) is 15.0 Å². The Bertz CT molecular complexity index is 3360. The summed E-state index contributed by atoms with van der Waals surface area (Å²) in [6.07, 6.45) is 7.67. The summed E-state index contributed by atoms with van der Waals surface area (Å²) in [5, 5.41) is 6.79. The number of fused-ring (bicyclic) bond motifs is 10. The van der Waals surface area contributed by atoms with E-state index in [0.29, 0.717) is 0 Å². The molecule has 7 aromatic carbocycles. The summed E-state index contributed by atoms with van der Waals surface area (Å²) in [4.78, 5) is 16.6. The molecule has 300 valence electrons. The highest BCUT2D eigenvalue weighted by atomic mass is 16.3. The molecule has 4 fully saturated rings. The summed E-state index contributed by atoms with van der Waals surface area (Å²) in [7, 11) is 0. The Morgan fingerprint density at radius 3 is 1.65 bits per heavy atom. The van der Waals surface area contributed by atoms with Crippen LogP contribution in [0.4, 0.5) is 0 Å². The maximum atomic E-state index is 6.91. The molecule has 4 bridgehead atoms. The molecule has 0 aliphatic heterocycles. The van der Waals surface area contributed by atoms with Crippen LogP contribution < -0.4 is 0 Å². The Morgan fingerprint density at radius 2 is 0.935 bits per heavy atom. The molecule has 0 atom stereocenters. The smallest absolute Gasteiger partial charge is 0.164 e. The van der Waals surface area contributed by atoms with E-state index in [4.69, 9.17) is 19.4 Å². The van der Waals surface area contributed by atoms with Crippen LogP contribution in [0, 0.1) is 17.8 Å². The first-order chi connectivity index (χ1) is 30.4. The van der Waals surface area contributed by atoms with E-state index in [-0.39, 0.29) is 10.8 Å². The van der Waals surface area contributed by atoms with Crippen LogP contribution in [0.2, 0.25) is 0 Å². The lowest BCUT2D eigenvalue weighted by molar-refractivity contribution is -0.00938. The van der Waals surface area contributed by atoms with E-state index in [2.05, 4.69) is 172 Å². The van der Waals surface area contributed by atoms with E-state index in [1.165, 1.54) is 71.6 Å². The molecule has 0 radical (unpaired) electrons. The fraction of sp³-hybridized carbons (Fsp3) is 0.224. The van der Waals surface area contributed by atoms with Crippen molar-refractivity contribution in [2.45, 2.75) is 63.2 Å². The SMILES string of the molecule is CC1(C)c2ccccc2-c2ccc(-c3nc(-c4ccccc4-c4ccc5oc6ccccc6c6ccccc6c6ccccc6c5c4)nc(C45CC6CC(CC(C6)C4)C5)n3)cc21. The molecule has 5 aliphatic carbocycles. The molecular formula is C58H47N3O. The molecule has 2 heterocycles. The largest absolute Gasteiger partial charge is 0.456 e. The number of hydrogen-bond donors (Lipinski definition) is 0. The Hall–Kier alpha value is -6.65. The van der Waals surface area contributed by atoms with Gasteiger partial charge in [-0.05, 0) is 135 Å². The van der Waals surface area contributed by atoms with Crippen molar-refractivity contribution in [3.05, 3.63) is 175 Å². The Labute approximate surface area is 362 Å². The Morgan fingerprint density at radius 1 is 0.419 bits per heavy atom. The maximum Gasteiger partial charge on any atom is 0.164 e. The lowest BCUT2D eigenvalue weighted by Gasteiger charge is -2.56. The predicted octanol–water partition coefficient (Wildman–Crippen LogP) is 15.0. The van der Waals surface area contributed by atoms with E-state index in [1.54, 1.807) is 0 Å². The van der Waals surface area contributed by atoms with Crippen LogP contribution in [-0.4, -0.2) is 15.0 Å². The molecule has 0 amide bonds. The highest BCUT2D eigenvalue weighted by molar-refractivity contribution is 6.18. The molecule has 0 saturated heterocycles. The van der Waals surface area contributed by atoms with Gasteiger partial charge in [-0.25, -0.2) is 15.0 Å². The number of hydrogen-bond acceptors (Lipinski definition) is 4. The summed E-state index contributed by atoms with van der Waals surface area (Å²) >= 11 is 0. The topological polar surface area (TPSA) is 51.8 Å². The third-order valence-electron chi connectivity index (χ3n) is 15.3. The minimum atomic E-state index is -0.122. The molecule has 4 saturated carbocycles. The van der Waals surface area contributed by atoms with Gasteiger partial charge in [0.1, 0.15) is 17.0 Å². The molecule has 62 heavy (non-hydrogen) atoms. The molecule has 2 aromatic heterocycles. The molecule has 0 spiro atoms. The molecule has 4 heteroatoms. The number of rotatable bonds is 4. The van der Waals surface area contributed by atoms with Crippen LogP contribution in [0.25, 0.3) is 88.5 Å². The van der Waals surface area contributed by atoms with Crippen LogP contribution in [0.15, 0.2) is 162 Å². The van der Waals surface area contributed by atoms with Crippen molar-refractivity contribution in [2.75, 3.05) is 0 Å². The van der Waals surface area contributed by atoms with Gasteiger partial charge in [0.05, 0.1) is 0 Å². The van der Waals surface area contributed by atoms with Crippen molar-refractivity contribution in [2.24, 2.45) is 17.8 Å². The van der Waals surface area contributed by atoms with Crippen molar-refractivity contribution >= 4 is 43.5 Å². The van der Waals surface area contributed by atoms with Crippen LogP contribution >= 0.6 is 0 Å². The Balaban J connectivity index is 1.03. The third kappa shape index (κ3) is 5.48. The molecule has 0 N–H and O–H groups in total. The quantitative estimate of drug-likeness (QED) is 0.178. The summed E-state index contributed by atoms with van der Waals surface area (Å²) < 4.78 is 6.91. The number of para-hydroxylation sites is 1. The fourth-order valence-electron chi connectivity index (χ4n) is 12.8. The predicted molar refractivity (Wildman–Crippen MR) is 253 cm³/mol. The zero-order chi connectivity index (χ0) is 41.2. The molecule has 14 rings (SSSR count). The molecule has 9 aromatic rings. The number of nitrogens with zero attached hydrogens (tertiary/aromatic N) is 3. The molecule has 4 nitrogen and oxygen atoms in total. The molecule has 0 unspecified atom stereocenters. The first-order valence-corrected chi connectivity index (χ1v) is 22.6. The molecule has 5 aliphatic rings. The minimum Gasteiger partial charge on any atom is -0.456 e. The lowest BCUT2D eigenvalue weighted by Crippen LogP contribution is -2.49. The summed E-state index contributed by atoms with van der Waals surface area (Å²) in [6, 6.07) is 57.0. The van der Waals surface area contributed by atoms with Gasteiger partial charge in [-0.2, -0.15) is 0 Å². The van der Waals surface area contributed by atoms with Crippen LogP contribution in [0.5, 0.6) is 0 Å². The standard InChI is InChI=1S/C58H47N3O/c1-57(2)50-21-11-9-18-45(50)46-25-23-39(31-51(46)57)54-59-55(61-56(60-54)58-32-35-27-36(33-58)29-37(28-35)34-58)48-20-8-3-13-40(48)38-24-26-53-49(30-38)44-17-7-5-15-42(44)41-14-4-6-16-43(41)47-19-10-12-22-52(47)62-53/h3-26,30-31,35-37H,27-29,32-34H2,1-2H3. The van der Waals surface area contributed by atoms with E-state index in [0.717, 1.165) is 90.2 Å². The number of benzene rings is 7. The highest BCUT2D eigenvalue weighted by Gasteiger charge is 2.53. The minimum absolute atomic E-state index is 0.00289. The highest BCUT2D eigenvalue weighted by Crippen LogP contribution is 2.60. The zero-order valence-electron chi connectivity index (χ0n) is 35.2. The monoisotopic (exact) mass is 801 g/mol. The van der Waals surface area contributed by atoms with Crippen molar-refractivity contribution in [3.63, 3.8) is 0 Å². The summed E-state index contributed by atoms with van der Waals surface area (Å²) in [5.41, 5.74) is 11.1. The van der Waals surface area contributed by atoms with Crippen LogP contribution in [0.1, 0.15) is 69.3 Å². The second-order valence-corrected chi connectivity index (χ2v) is 19.4. The van der Waals surface area contributed by atoms with Gasteiger partial charge in [0.15, 0.2) is 11.6 Å². The third-order valence-corrected chi connectivity index (χ3v) is 15.3. The van der Waals surface area contributed by atoms with Gasteiger partial charge < -0.3 is 4.42 Å². The normalized spacial score (nSPS) is 21.7. The summed E-state index contributed by atoms with van der Waals surface area (Å²) in [5.74, 6) is 4.85. The van der Waals surface area contributed by atoms with Crippen molar-refractivity contribution < 1.29 is 4.42 Å². The van der Waals surface area contributed by atoms with Gasteiger partial charge in [-0.1, -0.05) is 147 Å². The van der Waals surface area contributed by atoms with E-state index >= 15 is 0 Å². The first-order valence-electron chi connectivity index (χ1n) is 22.6. The van der Waals surface area contributed by atoms with Gasteiger partial charge in [0.25, 0.3) is 0 Å². The van der Waals surface area contributed by atoms with Gasteiger partial charge >= 0.3 is 0 Å².